The Labute approximate surface area is 145 Å². The monoisotopic (exact) mass is 347 g/mol. The van der Waals surface area contributed by atoms with Gasteiger partial charge in [-0.25, -0.2) is 4.79 Å². The van der Waals surface area contributed by atoms with Crippen molar-refractivity contribution in [2.45, 2.75) is 13.0 Å². The Kier molecular flexibility index (Phi) is 6.80. The van der Waals surface area contributed by atoms with Crippen LogP contribution in [-0.4, -0.2) is 12.6 Å². The third-order valence-corrected chi connectivity index (χ3v) is 3.62. The van der Waals surface area contributed by atoms with Crippen molar-refractivity contribution < 1.29 is 9.53 Å². The van der Waals surface area contributed by atoms with Crippen LogP contribution >= 0.6 is 23.2 Å². The van der Waals surface area contributed by atoms with Crippen LogP contribution in [0.2, 0.25) is 10.0 Å². The molecule has 0 saturated heterocycles. The Balaban J connectivity index is 1.68. The molecule has 0 saturated carbocycles. The van der Waals surface area contributed by atoms with Crippen LogP contribution in [0.5, 0.6) is 0 Å². The van der Waals surface area contributed by atoms with Crippen LogP contribution in [0.1, 0.15) is 17.5 Å². The largest absolute Gasteiger partial charge is 0.445 e. The smallest absolute Gasteiger partial charge is 0.407 e. The van der Waals surface area contributed by atoms with Crippen molar-refractivity contribution in [1.29, 1.82) is 0 Å². The lowest BCUT2D eigenvalue weighted by atomic mass is 10.2. The first-order valence-electron chi connectivity index (χ1n) is 7.03. The minimum absolute atomic E-state index is 0.252. The number of carbonyl (C=O) groups is 1. The molecule has 2 aromatic rings. The van der Waals surface area contributed by atoms with Gasteiger partial charge >= 0.3 is 6.09 Å². The highest BCUT2D eigenvalue weighted by atomic mass is 35.5. The maximum absolute atomic E-state index is 11.5. The van der Waals surface area contributed by atoms with Gasteiger partial charge in [0.05, 0.1) is 10.0 Å². The van der Waals surface area contributed by atoms with Crippen molar-refractivity contribution in [1.82, 2.24) is 5.32 Å². The van der Waals surface area contributed by atoms with E-state index in [1.54, 1.807) is 18.2 Å². The summed E-state index contributed by atoms with van der Waals surface area (Å²) in [4.78, 5) is 11.5. The molecule has 23 heavy (non-hydrogen) atoms. The quantitative estimate of drug-likeness (QED) is 0.645. The van der Waals surface area contributed by atoms with Crippen LogP contribution in [-0.2, 0) is 11.3 Å². The van der Waals surface area contributed by atoms with Gasteiger partial charge < -0.3 is 10.1 Å². The number of nitrogens with one attached hydrogen (secondary N) is 1. The predicted molar refractivity (Wildman–Crippen MR) is 92.6 cm³/mol. The van der Waals surface area contributed by atoms with Crippen LogP contribution in [0, 0.1) is 11.8 Å². The van der Waals surface area contributed by atoms with Gasteiger partial charge in [-0.05, 0) is 23.8 Å². The highest BCUT2D eigenvalue weighted by Gasteiger charge is 2.00. The zero-order valence-electron chi connectivity index (χ0n) is 12.3. The third kappa shape index (κ3) is 6.23. The number of amides is 1. The molecule has 0 bridgehead atoms. The predicted octanol–water partition coefficient (Wildman–Crippen LogP) is 4.66. The van der Waals surface area contributed by atoms with E-state index < -0.39 is 6.09 Å². The van der Waals surface area contributed by atoms with E-state index in [1.165, 1.54) is 0 Å². The molecule has 1 N–H and O–H groups in total. The Hall–Kier alpha value is -2.15. The molecule has 0 radical (unpaired) electrons. The summed E-state index contributed by atoms with van der Waals surface area (Å²) in [5.41, 5.74) is 1.73. The number of carbonyl (C=O) groups excluding carboxylic acids is 1. The third-order valence-electron chi connectivity index (χ3n) is 2.88. The highest BCUT2D eigenvalue weighted by molar-refractivity contribution is 6.42. The Bertz CT molecular complexity index is 721. The average Bonchev–Trinajstić information content (AvgIpc) is 2.57. The number of halogens is 2. The molecule has 0 aliphatic rings. The van der Waals surface area contributed by atoms with Gasteiger partial charge in [-0.2, -0.15) is 0 Å². The molecule has 1 amide bonds. The van der Waals surface area contributed by atoms with Gasteiger partial charge in [0.15, 0.2) is 0 Å². The molecular formula is C18H15Cl2NO2. The molecule has 2 aromatic carbocycles. The van der Waals surface area contributed by atoms with Crippen molar-refractivity contribution in [3.63, 3.8) is 0 Å². The second-order valence-electron chi connectivity index (χ2n) is 4.67. The molecule has 0 aliphatic heterocycles. The van der Waals surface area contributed by atoms with E-state index >= 15 is 0 Å². The minimum atomic E-state index is -0.454. The molecule has 0 unspecified atom stereocenters. The van der Waals surface area contributed by atoms with Crippen LogP contribution in [0.15, 0.2) is 48.5 Å². The van der Waals surface area contributed by atoms with Crippen LogP contribution in [0.3, 0.4) is 0 Å². The zero-order valence-corrected chi connectivity index (χ0v) is 13.8. The summed E-state index contributed by atoms with van der Waals surface area (Å²) < 4.78 is 5.09. The zero-order chi connectivity index (χ0) is 16.5. The summed E-state index contributed by atoms with van der Waals surface area (Å²) in [6.45, 7) is 0.670. The van der Waals surface area contributed by atoms with Gasteiger partial charge in [-0.15, -0.1) is 0 Å². The van der Waals surface area contributed by atoms with E-state index in [9.17, 15) is 4.79 Å². The summed E-state index contributed by atoms with van der Waals surface area (Å²) in [5.74, 6) is 5.91. The second-order valence-corrected chi connectivity index (χ2v) is 5.48. The fourth-order valence-corrected chi connectivity index (χ4v) is 2.04. The maximum atomic E-state index is 11.5. The van der Waals surface area contributed by atoms with Crippen LogP contribution in [0.25, 0.3) is 0 Å². The number of hydrogen-bond acceptors (Lipinski definition) is 2. The molecule has 3 nitrogen and oxygen atoms in total. The molecule has 2 rings (SSSR count). The van der Waals surface area contributed by atoms with Gasteiger partial charge in [-0.3, -0.25) is 0 Å². The Morgan fingerprint density at radius 3 is 2.61 bits per heavy atom. The Morgan fingerprint density at radius 1 is 1.09 bits per heavy atom. The van der Waals surface area contributed by atoms with Crippen molar-refractivity contribution in [3.05, 3.63) is 69.7 Å². The molecule has 0 aliphatic carbocycles. The normalized spacial score (nSPS) is 9.65. The van der Waals surface area contributed by atoms with E-state index in [0.29, 0.717) is 23.0 Å². The first-order valence-corrected chi connectivity index (χ1v) is 7.79. The number of ether oxygens (including phenoxy) is 1. The van der Waals surface area contributed by atoms with E-state index in [0.717, 1.165) is 11.1 Å². The van der Waals surface area contributed by atoms with Crippen LogP contribution in [0.4, 0.5) is 4.79 Å². The lowest BCUT2D eigenvalue weighted by Crippen LogP contribution is -2.24. The van der Waals surface area contributed by atoms with Crippen molar-refractivity contribution in [2.75, 3.05) is 6.54 Å². The molecule has 118 valence electrons. The summed E-state index contributed by atoms with van der Waals surface area (Å²) in [6, 6.07) is 14.7. The number of rotatable bonds is 4. The topological polar surface area (TPSA) is 38.3 Å². The fourth-order valence-electron chi connectivity index (χ4n) is 1.74. The van der Waals surface area contributed by atoms with E-state index in [-0.39, 0.29) is 6.61 Å². The summed E-state index contributed by atoms with van der Waals surface area (Å²) in [7, 11) is 0. The molecule has 0 aromatic heterocycles. The van der Waals surface area contributed by atoms with E-state index in [4.69, 9.17) is 27.9 Å². The van der Waals surface area contributed by atoms with E-state index in [2.05, 4.69) is 17.2 Å². The SMILES string of the molecule is O=C(NCCC#Cc1ccc(Cl)c(Cl)c1)OCc1ccccc1. The first-order chi connectivity index (χ1) is 11.1. The average molecular weight is 348 g/mol. The maximum Gasteiger partial charge on any atom is 0.407 e. The summed E-state index contributed by atoms with van der Waals surface area (Å²) >= 11 is 11.7. The van der Waals surface area contributed by atoms with Crippen molar-refractivity contribution in [3.8, 4) is 11.8 Å². The summed E-state index contributed by atoms with van der Waals surface area (Å²) in [6.07, 6.45) is 0.0610. The van der Waals surface area contributed by atoms with Gasteiger partial charge in [-0.1, -0.05) is 65.4 Å². The lowest BCUT2D eigenvalue weighted by Gasteiger charge is -2.05. The van der Waals surface area contributed by atoms with Gasteiger partial charge in [0.1, 0.15) is 6.61 Å². The number of alkyl carbamates (subject to hydrolysis) is 1. The lowest BCUT2D eigenvalue weighted by molar-refractivity contribution is 0.140. The molecule has 0 spiro atoms. The van der Waals surface area contributed by atoms with Gasteiger partial charge in [0, 0.05) is 18.5 Å². The molecule has 5 heteroatoms. The number of benzene rings is 2. The summed E-state index contributed by atoms with van der Waals surface area (Å²) in [5, 5.41) is 3.62. The molecule has 0 heterocycles. The first kappa shape index (κ1) is 17.2. The highest BCUT2D eigenvalue weighted by Crippen LogP contribution is 2.21. The second kappa shape index (κ2) is 9.09. The Morgan fingerprint density at radius 2 is 1.87 bits per heavy atom. The van der Waals surface area contributed by atoms with Crippen molar-refractivity contribution >= 4 is 29.3 Å². The fraction of sp³-hybridized carbons (Fsp3) is 0.167. The minimum Gasteiger partial charge on any atom is -0.445 e. The standard InChI is InChI=1S/C18H15Cl2NO2/c19-16-10-9-14(12-17(16)20)6-4-5-11-21-18(22)23-13-15-7-2-1-3-8-15/h1-3,7-10,12H,5,11,13H2,(H,21,22). The molecular weight excluding hydrogens is 333 g/mol. The van der Waals surface area contributed by atoms with Gasteiger partial charge in [0.25, 0.3) is 0 Å². The van der Waals surface area contributed by atoms with E-state index in [1.807, 2.05) is 30.3 Å². The molecule has 0 fully saturated rings. The van der Waals surface area contributed by atoms with Crippen molar-refractivity contribution in [2.24, 2.45) is 0 Å². The number of hydrogen-bond donors (Lipinski definition) is 1. The van der Waals surface area contributed by atoms with Crippen LogP contribution < -0.4 is 5.32 Å². The van der Waals surface area contributed by atoms with Gasteiger partial charge in [0.2, 0.25) is 0 Å². The molecule has 0 atom stereocenters.